The minimum atomic E-state index is -0.537. The van der Waals surface area contributed by atoms with Gasteiger partial charge in [0.1, 0.15) is 0 Å². The van der Waals surface area contributed by atoms with Gasteiger partial charge in [0.25, 0.3) is 0 Å². The Morgan fingerprint density at radius 1 is 1.12 bits per heavy atom. The third-order valence-corrected chi connectivity index (χ3v) is 3.01. The van der Waals surface area contributed by atoms with E-state index in [0.717, 1.165) is 37.3 Å². The molecule has 0 bridgehead atoms. The van der Waals surface area contributed by atoms with Crippen LogP contribution in [0.5, 0.6) is 11.5 Å². The van der Waals surface area contributed by atoms with Crippen LogP contribution in [-0.2, 0) is 6.42 Å². The fraction of sp³-hybridized carbons (Fsp3) is 0.571. The highest BCUT2D eigenvalue weighted by atomic mass is 16.7. The van der Waals surface area contributed by atoms with Crippen molar-refractivity contribution in [2.45, 2.75) is 45.8 Å². The van der Waals surface area contributed by atoms with Gasteiger partial charge in [-0.3, -0.25) is 0 Å². The molecule has 3 nitrogen and oxygen atoms in total. The molecular weight excluding hydrogens is 214 g/mol. The Morgan fingerprint density at radius 2 is 1.76 bits per heavy atom. The SMILES string of the molecule is Cc1cc2c(cc1CCCCN)OC(C)(C)O2. The Kier molecular flexibility index (Phi) is 3.29. The molecule has 3 heteroatoms. The van der Waals surface area contributed by atoms with Gasteiger partial charge in [0.2, 0.25) is 5.79 Å². The number of hydrogen-bond donors (Lipinski definition) is 1. The summed E-state index contributed by atoms with van der Waals surface area (Å²) in [5.74, 6) is 1.18. The van der Waals surface area contributed by atoms with Crippen molar-refractivity contribution >= 4 is 0 Å². The summed E-state index contributed by atoms with van der Waals surface area (Å²) < 4.78 is 11.5. The molecule has 0 fully saturated rings. The predicted octanol–water partition coefficient (Wildman–Crippen LogP) is 2.78. The van der Waals surface area contributed by atoms with E-state index < -0.39 is 5.79 Å². The number of fused-ring (bicyclic) bond motifs is 1. The van der Waals surface area contributed by atoms with Gasteiger partial charge in [-0.25, -0.2) is 0 Å². The van der Waals surface area contributed by atoms with Gasteiger partial charge >= 0.3 is 0 Å². The summed E-state index contributed by atoms with van der Waals surface area (Å²) in [5, 5.41) is 0. The molecule has 0 unspecified atom stereocenters. The van der Waals surface area contributed by atoms with Gasteiger partial charge in [-0.15, -0.1) is 0 Å². The molecule has 1 aromatic rings. The zero-order valence-electron chi connectivity index (χ0n) is 10.9. The zero-order chi connectivity index (χ0) is 12.5. The highest BCUT2D eigenvalue weighted by molar-refractivity contribution is 5.49. The summed E-state index contributed by atoms with van der Waals surface area (Å²) in [5.41, 5.74) is 8.11. The van der Waals surface area contributed by atoms with Gasteiger partial charge in [0.05, 0.1) is 0 Å². The van der Waals surface area contributed by atoms with Crippen LogP contribution in [0.1, 0.15) is 37.8 Å². The molecule has 17 heavy (non-hydrogen) atoms. The lowest BCUT2D eigenvalue weighted by Gasteiger charge is -2.16. The highest BCUT2D eigenvalue weighted by Crippen LogP contribution is 2.41. The second-order valence-corrected chi connectivity index (χ2v) is 5.08. The smallest absolute Gasteiger partial charge is 0.246 e. The summed E-state index contributed by atoms with van der Waals surface area (Å²) in [6.07, 6.45) is 3.25. The maximum Gasteiger partial charge on any atom is 0.246 e. The van der Waals surface area contributed by atoms with E-state index >= 15 is 0 Å². The molecule has 0 amide bonds. The number of nitrogens with two attached hydrogens (primary N) is 1. The van der Waals surface area contributed by atoms with Gasteiger partial charge in [-0.05, 0) is 56.0 Å². The van der Waals surface area contributed by atoms with Crippen LogP contribution in [0.2, 0.25) is 0 Å². The van der Waals surface area contributed by atoms with Crippen LogP contribution in [0.3, 0.4) is 0 Å². The molecule has 1 aliphatic heterocycles. The number of rotatable bonds is 4. The van der Waals surface area contributed by atoms with E-state index in [1.807, 2.05) is 13.8 Å². The van der Waals surface area contributed by atoms with Gasteiger partial charge in [0, 0.05) is 13.8 Å². The van der Waals surface area contributed by atoms with E-state index in [-0.39, 0.29) is 0 Å². The van der Waals surface area contributed by atoms with Crippen molar-refractivity contribution in [2.75, 3.05) is 6.54 Å². The molecule has 1 heterocycles. The Morgan fingerprint density at radius 3 is 2.41 bits per heavy atom. The Hall–Kier alpha value is -1.22. The molecule has 1 aromatic carbocycles. The van der Waals surface area contributed by atoms with E-state index in [4.69, 9.17) is 15.2 Å². The average molecular weight is 235 g/mol. The molecule has 0 saturated heterocycles. The van der Waals surface area contributed by atoms with Crippen molar-refractivity contribution in [3.05, 3.63) is 23.3 Å². The molecule has 0 atom stereocenters. The van der Waals surface area contributed by atoms with E-state index in [9.17, 15) is 0 Å². The first-order valence-electron chi connectivity index (χ1n) is 6.23. The van der Waals surface area contributed by atoms with Crippen molar-refractivity contribution in [1.29, 1.82) is 0 Å². The van der Waals surface area contributed by atoms with E-state index in [1.165, 1.54) is 11.1 Å². The van der Waals surface area contributed by atoms with Crippen LogP contribution >= 0.6 is 0 Å². The highest BCUT2D eigenvalue weighted by Gasteiger charge is 2.32. The Balaban J connectivity index is 2.16. The van der Waals surface area contributed by atoms with Crippen LogP contribution < -0.4 is 15.2 Å². The molecule has 2 N–H and O–H groups in total. The monoisotopic (exact) mass is 235 g/mol. The number of aryl methyl sites for hydroxylation is 2. The second kappa shape index (κ2) is 4.57. The summed E-state index contributed by atoms with van der Waals surface area (Å²) in [4.78, 5) is 0. The normalized spacial score (nSPS) is 16.2. The Bertz CT molecular complexity index is 413. The maximum atomic E-state index is 5.75. The molecule has 0 aliphatic carbocycles. The summed E-state index contributed by atoms with van der Waals surface area (Å²) >= 11 is 0. The lowest BCUT2D eigenvalue weighted by molar-refractivity contribution is -0.0431. The first-order chi connectivity index (χ1) is 8.02. The average Bonchev–Trinajstić information content (AvgIpc) is 2.52. The summed E-state index contributed by atoms with van der Waals surface area (Å²) in [6, 6.07) is 4.18. The first kappa shape index (κ1) is 12.2. The van der Waals surface area contributed by atoms with Crippen LogP contribution in [-0.4, -0.2) is 12.3 Å². The second-order valence-electron chi connectivity index (χ2n) is 5.08. The topological polar surface area (TPSA) is 44.5 Å². The van der Waals surface area contributed by atoms with Gasteiger partial charge in [-0.2, -0.15) is 0 Å². The molecule has 1 aliphatic rings. The van der Waals surface area contributed by atoms with Crippen molar-refractivity contribution in [3.63, 3.8) is 0 Å². The fourth-order valence-electron chi connectivity index (χ4n) is 2.14. The molecule has 0 spiro atoms. The van der Waals surface area contributed by atoms with E-state index in [2.05, 4.69) is 19.1 Å². The predicted molar refractivity (Wildman–Crippen MR) is 68.5 cm³/mol. The Labute approximate surface area is 103 Å². The van der Waals surface area contributed by atoms with Crippen molar-refractivity contribution in [2.24, 2.45) is 5.73 Å². The largest absolute Gasteiger partial charge is 0.449 e. The zero-order valence-corrected chi connectivity index (χ0v) is 10.9. The van der Waals surface area contributed by atoms with E-state index in [0.29, 0.717) is 0 Å². The maximum absolute atomic E-state index is 5.75. The van der Waals surface area contributed by atoms with Crippen LogP contribution in [0.15, 0.2) is 12.1 Å². The molecule has 0 radical (unpaired) electrons. The number of hydrogen-bond acceptors (Lipinski definition) is 3. The summed E-state index contributed by atoms with van der Waals surface area (Å²) in [7, 11) is 0. The van der Waals surface area contributed by atoms with Gasteiger partial charge in [-0.1, -0.05) is 0 Å². The third-order valence-electron chi connectivity index (χ3n) is 3.01. The van der Waals surface area contributed by atoms with Crippen LogP contribution in [0.25, 0.3) is 0 Å². The minimum absolute atomic E-state index is 0.537. The van der Waals surface area contributed by atoms with Gasteiger partial charge in [0.15, 0.2) is 11.5 Å². The first-order valence-corrected chi connectivity index (χ1v) is 6.23. The molecular formula is C14H21NO2. The lowest BCUT2D eigenvalue weighted by atomic mass is 10.0. The van der Waals surface area contributed by atoms with Crippen molar-refractivity contribution < 1.29 is 9.47 Å². The fourth-order valence-corrected chi connectivity index (χ4v) is 2.14. The standard InChI is InChI=1S/C14H21NO2/c1-10-8-12-13(17-14(2,3)16-12)9-11(10)6-4-5-7-15/h8-9H,4-7,15H2,1-3H3. The van der Waals surface area contributed by atoms with Crippen molar-refractivity contribution in [1.82, 2.24) is 0 Å². The minimum Gasteiger partial charge on any atom is -0.449 e. The quantitative estimate of drug-likeness (QED) is 0.816. The van der Waals surface area contributed by atoms with Crippen LogP contribution in [0, 0.1) is 6.92 Å². The molecule has 94 valence electrons. The molecule has 0 saturated carbocycles. The lowest BCUT2D eigenvalue weighted by Crippen LogP contribution is -2.29. The van der Waals surface area contributed by atoms with Crippen LogP contribution in [0.4, 0.5) is 0 Å². The molecule has 2 rings (SSSR count). The molecule has 0 aromatic heterocycles. The number of benzene rings is 1. The summed E-state index contributed by atoms with van der Waals surface area (Å²) in [6.45, 7) is 6.73. The third kappa shape index (κ3) is 2.72. The van der Waals surface area contributed by atoms with Gasteiger partial charge < -0.3 is 15.2 Å². The number of unbranched alkanes of at least 4 members (excludes halogenated alkanes) is 1. The number of ether oxygens (including phenoxy) is 2. The van der Waals surface area contributed by atoms with E-state index in [1.54, 1.807) is 0 Å². The van der Waals surface area contributed by atoms with Crippen molar-refractivity contribution in [3.8, 4) is 11.5 Å².